The monoisotopic (exact) mass is 351 g/mol. The molecule has 0 spiro atoms. The van der Waals surface area contributed by atoms with E-state index in [1.807, 2.05) is 19.9 Å². The number of aromatic amines is 1. The van der Waals surface area contributed by atoms with Crippen LogP contribution in [0.25, 0.3) is 0 Å². The van der Waals surface area contributed by atoms with Crippen molar-refractivity contribution in [3.8, 4) is 5.75 Å². The van der Waals surface area contributed by atoms with E-state index < -0.39 is 5.97 Å². The third kappa shape index (κ3) is 4.83. The number of rotatable bonds is 7. The molecule has 7 heteroatoms. The van der Waals surface area contributed by atoms with Crippen LogP contribution in [0.15, 0.2) is 36.5 Å². The van der Waals surface area contributed by atoms with E-state index in [1.165, 1.54) is 6.20 Å². The van der Waals surface area contributed by atoms with Gasteiger partial charge in [0.15, 0.2) is 11.4 Å². The number of nitrogens with one attached hydrogen (secondary N) is 1. The van der Waals surface area contributed by atoms with E-state index in [2.05, 4.69) is 10.2 Å². The molecule has 1 amide bonds. The first kappa shape index (κ1) is 19.7. The van der Waals surface area contributed by atoms with Crippen molar-refractivity contribution in [2.24, 2.45) is 0 Å². The summed E-state index contributed by atoms with van der Waals surface area (Å²) in [6.07, 6.45) is 3.13. The van der Waals surface area contributed by atoms with Crippen molar-refractivity contribution < 1.29 is 14.3 Å². The second-order valence-corrected chi connectivity index (χ2v) is 5.15. The third-order valence-electron chi connectivity index (χ3n) is 3.29. The van der Waals surface area contributed by atoms with Gasteiger partial charge in [0.05, 0.1) is 11.8 Å². The van der Waals surface area contributed by atoms with Crippen LogP contribution in [-0.4, -0.2) is 40.1 Å². The number of halogens is 1. The molecule has 2 rings (SSSR count). The Morgan fingerprint density at radius 1 is 1.12 bits per heavy atom. The number of carbonyl (C=O) groups excluding carboxylic acids is 2. The molecule has 0 radical (unpaired) electrons. The van der Waals surface area contributed by atoms with Gasteiger partial charge in [0.25, 0.3) is 5.91 Å². The van der Waals surface area contributed by atoms with E-state index in [1.54, 1.807) is 29.2 Å². The SMILES string of the molecule is CCCN(CCC)C(=O)c1n[nH]cc1OC(=O)c1ccccc1.Cl. The molecular weight excluding hydrogens is 330 g/mol. The zero-order valence-corrected chi connectivity index (χ0v) is 14.6. The van der Waals surface area contributed by atoms with E-state index in [4.69, 9.17) is 4.74 Å². The maximum absolute atomic E-state index is 12.6. The molecule has 130 valence electrons. The van der Waals surface area contributed by atoms with Gasteiger partial charge >= 0.3 is 5.97 Å². The van der Waals surface area contributed by atoms with E-state index in [0.717, 1.165) is 12.8 Å². The van der Waals surface area contributed by atoms with E-state index in [9.17, 15) is 9.59 Å². The minimum Gasteiger partial charge on any atom is -0.419 e. The normalized spacial score (nSPS) is 9.92. The lowest BCUT2D eigenvalue weighted by atomic mass is 10.2. The molecule has 24 heavy (non-hydrogen) atoms. The standard InChI is InChI=1S/C17H21N3O3.ClH/c1-3-10-20(11-4-2)16(21)15-14(12-18-19-15)23-17(22)13-8-6-5-7-9-13;/h5-9,12H,3-4,10-11H2,1-2H3,(H,18,19);1H. The molecule has 1 N–H and O–H groups in total. The van der Waals surface area contributed by atoms with Crippen molar-refractivity contribution in [3.63, 3.8) is 0 Å². The van der Waals surface area contributed by atoms with Crippen molar-refractivity contribution in [1.29, 1.82) is 0 Å². The highest BCUT2D eigenvalue weighted by Crippen LogP contribution is 2.19. The number of esters is 1. The molecule has 0 aliphatic heterocycles. The van der Waals surface area contributed by atoms with Gasteiger partial charge in [-0.2, -0.15) is 5.10 Å². The van der Waals surface area contributed by atoms with E-state index in [-0.39, 0.29) is 29.8 Å². The molecule has 6 nitrogen and oxygen atoms in total. The Balaban J connectivity index is 0.00000288. The number of ether oxygens (including phenoxy) is 1. The van der Waals surface area contributed by atoms with Crippen LogP contribution in [0.3, 0.4) is 0 Å². The Bertz CT molecular complexity index is 652. The average molecular weight is 352 g/mol. The summed E-state index contributed by atoms with van der Waals surface area (Å²) in [5.74, 6) is -0.592. The van der Waals surface area contributed by atoms with E-state index >= 15 is 0 Å². The lowest BCUT2D eigenvalue weighted by Crippen LogP contribution is -2.33. The predicted octanol–water partition coefficient (Wildman–Crippen LogP) is 3.31. The van der Waals surface area contributed by atoms with Gasteiger partial charge in [-0.3, -0.25) is 9.89 Å². The van der Waals surface area contributed by atoms with Crippen molar-refractivity contribution in [3.05, 3.63) is 47.8 Å². The van der Waals surface area contributed by atoms with Gasteiger partial charge in [0, 0.05) is 13.1 Å². The molecule has 0 aliphatic carbocycles. The van der Waals surface area contributed by atoms with Gasteiger partial charge in [0.1, 0.15) is 0 Å². The Labute approximate surface area is 147 Å². The topological polar surface area (TPSA) is 75.3 Å². The number of benzene rings is 1. The molecule has 0 fully saturated rings. The minimum atomic E-state index is -0.515. The molecular formula is C17H22ClN3O3. The van der Waals surface area contributed by atoms with Crippen LogP contribution < -0.4 is 4.74 Å². The predicted molar refractivity (Wildman–Crippen MR) is 93.7 cm³/mol. The van der Waals surface area contributed by atoms with Gasteiger partial charge < -0.3 is 9.64 Å². The fourth-order valence-electron chi connectivity index (χ4n) is 2.25. The zero-order chi connectivity index (χ0) is 16.7. The van der Waals surface area contributed by atoms with Gasteiger partial charge in [0.2, 0.25) is 0 Å². The molecule has 0 saturated carbocycles. The number of amides is 1. The quantitative estimate of drug-likeness (QED) is 0.776. The largest absolute Gasteiger partial charge is 0.419 e. The molecule has 0 atom stereocenters. The first-order chi connectivity index (χ1) is 11.2. The van der Waals surface area contributed by atoms with Crippen molar-refractivity contribution in [1.82, 2.24) is 15.1 Å². The number of carbonyl (C=O) groups is 2. The molecule has 2 aromatic rings. The van der Waals surface area contributed by atoms with Gasteiger partial charge in [-0.15, -0.1) is 12.4 Å². The first-order valence-electron chi connectivity index (χ1n) is 7.77. The van der Waals surface area contributed by atoms with Crippen LogP contribution in [0.2, 0.25) is 0 Å². The fourth-order valence-corrected chi connectivity index (χ4v) is 2.25. The summed E-state index contributed by atoms with van der Waals surface area (Å²) in [4.78, 5) is 26.4. The van der Waals surface area contributed by atoms with Crippen LogP contribution in [0, 0.1) is 0 Å². The Hall–Kier alpha value is -2.34. The van der Waals surface area contributed by atoms with E-state index in [0.29, 0.717) is 18.7 Å². The summed E-state index contributed by atoms with van der Waals surface area (Å²) in [5, 5.41) is 6.56. The average Bonchev–Trinajstić information content (AvgIpc) is 3.03. The lowest BCUT2D eigenvalue weighted by Gasteiger charge is -2.20. The maximum Gasteiger partial charge on any atom is 0.343 e. The lowest BCUT2D eigenvalue weighted by molar-refractivity contribution is 0.0713. The van der Waals surface area contributed by atoms with Crippen LogP contribution in [0.5, 0.6) is 5.75 Å². The number of aromatic nitrogens is 2. The zero-order valence-electron chi connectivity index (χ0n) is 13.8. The van der Waals surface area contributed by atoms with Crippen molar-refractivity contribution in [2.45, 2.75) is 26.7 Å². The minimum absolute atomic E-state index is 0. The second-order valence-electron chi connectivity index (χ2n) is 5.15. The molecule has 1 heterocycles. The number of nitrogens with zero attached hydrogens (tertiary/aromatic N) is 2. The molecule has 0 saturated heterocycles. The van der Waals surface area contributed by atoms with Gasteiger partial charge in [-0.25, -0.2) is 4.79 Å². The Kier molecular flexibility index (Phi) is 7.98. The highest BCUT2D eigenvalue weighted by molar-refractivity contribution is 5.97. The number of hydrogen-bond donors (Lipinski definition) is 1. The van der Waals surface area contributed by atoms with Gasteiger partial charge in [-0.05, 0) is 25.0 Å². The van der Waals surface area contributed by atoms with Crippen molar-refractivity contribution in [2.75, 3.05) is 13.1 Å². The fraction of sp³-hybridized carbons (Fsp3) is 0.353. The summed E-state index contributed by atoms with van der Waals surface area (Å²) in [6, 6.07) is 8.64. The smallest absolute Gasteiger partial charge is 0.343 e. The van der Waals surface area contributed by atoms with Gasteiger partial charge in [-0.1, -0.05) is 32.0 Å². The van der Waals surface area contributed by atoms with Crippen LogP contribution >= 0.6 is 12.4 Å². The highest BCUT2D eigenvalue weighted by Gasteiger charge is 2.23. The molecule has 0 unspecified atom stereocenters. The second kappa shape index (κ2) is 9.72. The summed E-state index contributed by atoms with van der Waals surface area (Å²) in [6.45, 7) is 5.31. The molecule has 1 aromatic heterocycles. The third-order valence-corrected chi connectivity index (χ3v) is 3.29. The summed E-state index contributed by atoms with van der Waals surface area (Å²) in [7, 11) is 0. The Morgan fingerprint density at radius 3 is 2.33 bits per heavy atom. The summed E-state index contributed by atoms with van der Waals surface area (Å²) < 4.78 is 5.32. The Morgan fingerprint density at radius 2 is 1.75 bits per heavy atom. The number of hydrogen-bond acceptors (Lipinski definition) is 4. The number of H-pyrrole nitrogens is 1. The van der Waals surface area contributed by atoms with Crippen LogP contribution in [0.4, 0.5) is 0 Å². The van der Waals surface area contributed by atoms with Crippen molar-refractivity contribution >= 4 is 24.3 Å². The summed E-state index contributed by atoms with van der Waals surface area (Å²) >= 11 is 0. The highest BCUT2D eigenvalue weighted by atomic mass is 35.5. The summed E-state index contributed by atoms with van der Waals surface area (Å²) in [5.41, 5.74) is 0.558. The molecule has 1 aromatic carbocycles. The molecule has 0 bridgehead atoms. The maximum atomic E-state index is 12.6. The van der Waals surface area contributed by atoms with Crippen LogP contribution in [0.1, 0.15) is 47.5 Å². The molecule has 0 aliphatic rings. The first-order valence-corrected chi connectivity index (χ1v) is 7.77. The van der Waals surface area contributed by atoms with Crippen LogP contribution in [-0.2, 0) is 0 Å².